The molecule has 1 unspecified atom stereocenters. The molecule has 1 N–H and O–H groups in total. The number of hydrogen-bond donors (Lipinski definition) is 1. The van der Waals surface area contributed by atoms with Crippen LogP contribution in [0, 0.1) is 0 Å². The summed E-state index contributed by atoms with van der Waals surface area (Å²) in [6, 6.07) is 3.87. The molecule has 0 saturated heterocycles. The SMILES string of the molecule is COC(COC(=O)c1ccc(C(C)=O)cc1C(=O)O)CSC. The number of carbonyl (C=O) groups is 3. The van der Waals surface area contributed by atoms with Gasteiger partial charge in [0.1, 0.15) is 12.7 Å². The molecule has 0 aliphatic heterocycles. The summed E-state index contributed by atoms with van der Waals surface area (Å²) in [5, 5.41) is 9.18. The molecule has 0 aromatic heterocycles. The van der Waals surface area contributed by atoms with Crippen LogP contribution in [0.5, 0.6) is 0 Å². The molecule has 0 fully saturated rings. The Hall–Kier alpha value is -1.86. The zero-order chi connectivity index (χ0) is 16.7. The molecule has 22 heavy (non-hydrogen) atoms. The second kappa shape index (κ2) is 8.55. The number of methoxy groups -OCH3 is 1. The molecule has 0 aliphatic rings. The van der Waals surface area contributed by atoms with Gasteiger partial charge in [-0.25, -0.2) is 9.59 Å². The summed E-state index contributed by atoms with van der Waals surface area (Å²) in [4.78, 5) is 34.6. The third-order valence-corrected chi connectivity index (χ3v) is 3.67. The van der Waals surface area contributed by atoms with E-state index in [1.54, 1.807) is 11.8 Å². The molecule has 7 heteroatoms. The minimum absolute atomic E-state index is 0.0314. The first-order valence-corrected chi connectivity index (χ1v) is 7.87. The lowest BCUT2D eigenvalue weighted by molar-refractivity contribution is 0.0181. The van der Waals surface area contributed by atoms with Gasteiger partial charge in [-0.05, 0) is 25.3 Å². The van der Waals surface area contributed by atoms with Crippen LogP contribution in [0.4, 0.5) is 0 Å². The van der Waals surface area contributed by atoms with Crippen molar-refractivity contribution < 1.29 is 29.0 Å². The molecule has 1 aromatic rings. The Bertz CT molecular complexity index is 569. The highest BCUT2D eigenvalue weighted by molar-refractivity contribution is 7.98. The first-order chi connectivity index (χ1) is 10.4. The fraction of sp³-hybridized carbons (Fsp3) is 0.400. The number of ketones is 1. The molecule has 1 aromatic carbocycles. The van der Waals surface area contributed by atoms with E-state index in [-0.39, 0.29) is 35.2 Å². The number of carboxylic acids is 1. The quantitative estimate of drug-likeness (QED) is 0.578. The van der Waals surface area contributed by atoms with Crippen molar-refractivity contribution >= 4 is 29.5 Å². The van der Waals surface area contributed by atoms with Gasteiger partial charge in [0.05, 0.1) is 11.1 Å². The molecule has 120 valence electrons. The third kappa shape index (κ3) is 4.85. The maximum atomic E-state index is 12.0. The Morgan fingerprint density at radius 2 is 1.95 bits per heavy atom. The molecular formula is C15H18O6S. The molecule has 6 nitrogen and oxygen atoms in total. The lowest BCUT2D eigenvalue weighted by Crippen LogP contribution is -2.24. The fourth-order valence-electron chi connectivity index (χ4n) is 1.73. The number of aromatic carboxylic acids is 1. The first-order valence-electron chi connectivity index (χ1n) is 6.47. The molecule has 0 saturated carbocycles. The molecule has 0 radical (unpaired) electrons. The summed E-state index contributed by atoms with van der Waals surface area (Å²) < 4.78 is 10.2. The molecule has 1 rings (SSSR count). The van der Waals surface area contributed by atoms with Gasteiger partial charge >= 0.3 is 11.9 Å². The topological polar surface area (TPSA) is 89.9 Å². The summed E-state index contributed by atoms with van der Waals surface area (Å²) in [6.07, 6.45) is 1.64. The van der Waals surface area contributed by atoms with E-state index in [4.69, 9.17) is 9.47 Å². The molecule has 0 amide bonds. The van der Waals surface area contributed by atoms with E-state index >= 15 is 0 Å². The number of carbonyl (C=O) groups excluding carboxylic acids is 2. The minimum atomic E-state index is -1.29. The highest BCUT2D eigenvalue weighted by Gasteiger charge is 2.20. The summed E-state index contributed by atoms with van der Waals surface area (Å²) in [5.41, 5.74) is -0.112. The van der Waals surface area contributed by atoms with Gasteiger partial charge in [-0.15, -0.1) is 0 Å². The van der Waals surface area contributed by atoms with Gasteiger partial charge in [0.25, 0.3) is 0 Å². The standard InChI is InChI=1S/C15H18O6S/c1-9(16)10-4-5-12(13(6-10)14(17)18)15(19)21-7-11(20-2)8-22-3/h4-6,11H,7-8H2,1-3H3,(H,17,18). The summed E-state index contributed by atoms with van der Waals surface area (Å²) in [5.74, 6) is -1.67. The van der Waals surface area contributed by atoms with E-state index in [0.717, 1.165) is 0 Å². The van der Waals surface area contributed by atoms with Crippen molar-refractivity contribution in [2.24, 2.45) is 0 Å². The Morgan fingerprint density at radius 1 is 1.27 bits per heavy atom. The molecular weight excluding hydrogens is 308 g/mol. The van der Waals surface area contributed by atoms with Crippen LogP contribution in [-0.4, -0.2) is 54.7 Å². The van der Waals surface area contributed by atoms with Crippen LogP contribution >= 0.6 is 11.8 Å². The summed E-state index contributed by atoms with van der Waals surface area (Å²) >= 11 is 1.55. The maximum Gasteiger partial charge on any atom is 0.339 e. The monoisotopic (exact) mass is 326 g/mol. The Morgan fingerprint density at radius 3 is 2.45 bits per heavy atom. The van der Waals surface area contributed by atoms with E-state index in [9.17, 15) is 19.5 Å². The predicted molar refractivity (Wildman–Crippen MR) is 82.9 cm³/mol. The van der Waals surface area contributed by atoms with Crippen LogP contribution in [0.15, 0.2) is 18.2 Å². The second-order valence-corrected chi connectivity index (χ2v) is 5.44. The van der Waals surface area contributed by atoms with Crippen molar-refractivity contribution in [3.05, 3.63) is 34.9 Å². The van der Waals surface area contributed by atoms with Crippen molar-refractivity contribution in [1.29, 1.82) is 0 Å². The van der Waals surface area contributed by atoms with Gasteiger partial charge < -0.3 is 14.6 Å². The second-order valence-electron chi connectivity index (χ2n) is 4.53. The number of hydrogen-bond acceptors (Lipinski definition) is 6. The summed E-state index contributed by atoms with van der Waals surface area (Å²) in [6.45, 7) is 1.36. The van der Waals surface area contributed by atoms with Crippen LogP contribution in [0.25, 0.3) is 0 Å². The predicted octanol–water partition coefficient (Wildman–Crippen LogP) is 2.12. The van der Waals surface area contributed by atoms with Crippen LogP contribution in [0.2, 0.25) is 0 Å². The van der Waals surface area contributed by atoms with Crippen LogP contribution < -0.4 is 0 Å². The van der Waals surface area contributed by atoms with Crippen molar-refractivity contribution in [2.75, 3.05) is 25.7 Å². The van der Waals surface area contributed by atoms with Gasteiger partial charge in [0.2, 0.25) is 0 Å². The van der Waals surface area contributed by atoms with Gasteiger partial charge in [0.15, 0.2) is 5.78 Å². The van der Waals surface area contributed by atoms with Gasteiger partial charge in [-0.1, -0.05) is 6.07 Å². The Labute approximate surface area is 132 Å². The Kier molecular flexibility index (Phi) is 7.07. The highest BCUT2D eigenvalue weighted by Crippen LogP contribution is 2.15. The summed E-state index contributed by atoms with van der Waals surface area (Å²) in [7, 11) is 1.51. The van der Waals surface area contributed by atoms with Crippen LogP contribution in [0.1, 0.15) is 38.0 Å². The molecule has 0 heterocycles. The van der Waals surface area contributed by atoms with Crippen molar-refractivity contribution in [2.45, 2.75) is 13.0 Å². The maximum absolute atomic E-state index is 12.0. The zero-order valence-corrected chi connectivity index (χ0v) is 13.4. The third-order valence-electron chi connectivity index (χ3n) is 2.96. The number of esters is 1. The van der Waals surface area contributed by atoms with E-state index in [0.29, 0.717) is 5.75 Å². The molecule has 0 spiro atoms. The Balaban J connectivity index is 2.93. The van der Waals surface area contributed by atoms with Gasteiger partial charge in [-0.2, -0.15) is 11.8 Å². The smallest absolute Gasteiger partial charge is 0.339 e. The number of ether oxygens (including phenoxy) is 2. The number of benzene rings is 1. The lowest BCUT2D eigenvalue weighted by atomic mass is 10.0. The number of rotatable bonds is 8. The van der Waals surface area contributed by atoms with E-state index in [1.165, 1.54) is 32.2 Å². The first kappa shape index (κ1) is 18.2. The van der Waals surface area contributed by atoms with E-state index in [2.05, 4.69) is 0 Å². The van der Waals surface area contributed by atoms with Crippen molar-refractivity contribution in [3.63, 3.8) is 0 Å². The molecule has 0 bridgehead atoms. The van der Waals surface area contributed by atoms with Crippen LogP contribution in [0.3, 0.4) is 0 Å². The van der Waals surface area contributed by atoms with Crippen molar-refractivity contribution in [1.82, 2.24) is 0 Å². The zero-order valence-electron chi connectivity index (χ0n) is 12.6. The normalized spacial score (nSPS) is 11.8. The van der Waals surface area contributed by atoms with Gasteiger partial charge in [-0.3, -0.25) is 4.79 Å². The number of Topliss-reactive ketones (excluding diaryl/α,β-unsaturated/α-hetero) is 1. The van der Waals surface area contributed by atoms with E-state index < -0.39 is 11.9 Å². The molecule has 1 atom stereocenters. The number of thioether (sulfide) groups is 1. The lowest BCUT2D eigenvalue weighted by Gasteiger charge is -2.15. The van der Waals surface area contributed by atoms with Crippen LogP contribution in [-0.2, 0) is 9.47 Å². The van der Waals surface area contributed by atoms with Crippen molar-refractivity contribution in [3.8, 4) is 0 Å². The van der Waals surface area contributed by atoms with Gasteiger partial charge in [0, 0.05) is 18.4 Å². The minimum Gasteiger partial charge on any atom is -0.478 e. The average molecular weight is 326 g/mol. The highest BCUT2D eigenvalue weighted by atomic mass is 32.2. The largest absolute Gasteiger partial charge is 0.478 e. The fourth-order valence-corrected chi connectivity index (χ4v) is 2.34. The molecule has 0 aliphatic carbocycles. The number of carboxylic acid groups (broad SMARTS) is 1. The average Bonchev–Trinajstić information content (AvgIpc) is 2.50. The van der Waals surface area contributed by atoms with E-state index in [1.807, 2.05) is 6.26 Å².